The van der Waals surface area contributed by atoms with E-state index in [2.05, 4.69) is 5.32 Å². The zero-order valence-electron chi connectivity index (χ0n) is 13.5. The number of primary amides is 1. The molecule has 0 aliphatic heterocycles. The van der Waals surface area contributed by atoms with Crippen molar-refractivity contribution in [1.29, 1.82) is 0 Å². The lowest BCUT2D eigenvalue weighted by Gasteiger charge is -2.10. The minimum Gasteiger partial charge on any atom is -0.365 e. The lowest BCUT2D eigenvalue weighted by Crippen LogP contribution is -2.15. The minimum atomic E-state index is -0.632. The highest BCUT2D eigenvalue weighted by molar-refractivity contribution is 7.18. The van der Waals surface area contributed by atoms with Crippen LogP contribution in [0.5, 0.6) is 0 Å². The van der Waals surface area contributed by atoms with Gasteiger partial charge in [0.15, 0.2) is 5.78 Å². The largest absolute Gasteiger partial charge is 0.365 e. The summed E-state index contributed by atoms with van der Waals surface area (Å²) in [5.74, 6) is -1.25. The first kappa shape index (κ1) is 17.1. The van der Waals surface area contributed by atoms with Crippen LogP contribution in [0.1, 0.15) is 57.8 Å². The Morgan fingerprint density at radius 1 is 1.30 bits per heavy atom. The molecule has 0 spiro atoms. The van der Waals surface area contributed by atoms with E-state index >= 15 is 0 Å². The van der Waals surface area contributed by atoms with Crippen LogP contribution in [-0.2, 0) is 0 Å². The summed E-state index contributed by atoms with van der Waals surface area (Å²) >= 11 is 1.13. The Hall–Kier alpha value is -2.21. The second kappa shape index (κ2) is 6.50. The van der Waals surface area contributed by atoms with E-state index in [4.69, 9.17) is 5.73 Å². The number of hydrogen-bond acceptors (Lipinski definition) is 4. The first-order chi connectivity index (χ1) is 10.7. The summed E-state index contributed by atoms with van der Waals surface area (Å²) in [6, 6.07) is 4.75. The highest BCUT2D eigenvalue weighted by atomic mass is 32.1. The molecule has 6 heteroatoms. The first-order valence-electron chi connectivity index (χ1n) is 7.23. The van der Waals surface area contributed by atoms with Crippen LogP contribution in [0.25, 0.3) is 0 Å². The van der Waals surface area contributed by atoms with Crippen LogP contribution in [0, 0.1) is 12.7 Å². The van der Waals surface area contributed by atoms with Crippen molar-refractivity contribution < 1.29 is 14.0 Å². The standard InChI is InChI=1S/C17H19FN2O2S/c1-8(2)13-14(16(19)22)17(23-15(13)10(4)21)20-12-6-5-9(3)7-11(12)18/h5-8,20H,1-4H3,(H2,19,22). The van der Waals surface area contributed by atoms with Crippen LogP contribution >= 0.6 is 11.3 Å². The van der Waals surface area contributed by atoms with Crippen molar-refractivity contribution >= 4 is 33.7 Å². The van der Waals surface area contributed by atoms with E-state index < -0.39 is 11.7 Å². The number of carbonyl (C=O) groups excluding carboxylic acids is 2. The van der Waals surface area contributed by atoms with Gasteiger partial charge in [0, 0.05) is 0 Å². The summed E-state index contributed by atoms with van der Waals surface area (Å²) < 4.78 is 14.1. The predicted molar refractivity (Wildman–Crippen MR) is 91.4 cm³/mol. The topological polar surface area (TPSA) is 72.2 Å². The molecule has 122 valence electrons. The summed E-state index contributed by atoms with van der Waals surface area (Å²) in [5, 5.41) is 3.31. The molecule has 0 radical (unpaired) electrons. The third-order valence-corrected chi connectivity index (χ3v) is 4.68. The monoisotopic (exact) mass is 334 g/mol. The molecular formula is C17H19FN2O2S. The fourth-order valence-corrected chi connectivity index (χ4v) is 3.70. The number of rotatable bonds is 5. The van der Waals surface area contributed by atoms with Crippen molar-refractivity contribution in [2.24, 2.45) is 5.73 Å². The maximum absolute atomic E-state index is 14.1. The van der Waals surface area contributed by atoms with Gasteiger partial charge in [-0.2, -0.15) is 0 Å². The molecule has 23 heavy (non-hydrogen) atoms. The van der Waals surface area contributed by atoms with E-state index in [0.29, 0.717) is 15.4 Å². The normalized spacial score (nSPS) is 10.9. The Balaban J connectivity index is 2.60. The molecule has 1 aromatic carbocycles. The van der Waals surface area contributed by atoms with E-state index in [0.717, 1.165) is 16.9 Å². The number of nitrogens with two attached hydrogens (primary N) is 1. The molecule has 0 saturated heterocycles. The van der Waals surface area contributed by atoms with Gasteiger partial charge in [-0.3, -0.25) is 9.59 Å². The molecule has 0 atom stereocenters. The van der Waals surface area contributed by atoms with Crippen LogP contribution < -0.4 is 11.1 Å². The van der Waals surface area contributed by atoms with E-state index in [-0.39, 0.29) is 23.0 Å². The van der Waals surface area contributed by atoms with Gasteiger partial charge in [0.1, 0.15) is 10.8 Å². The Bertz CT molecular complexity index is 781. The maximum Gasteiger partial charge on any atom is 0.252 e. The number of hydrogen-bond donors (Lipinski definition) is 2. The Morgan fingerprint density at radius 2 is 1.96 bits per heavy atom. The second-order valence-electron chi connectivity index (χ2n) is 5.73. The second-order valence-corrected chi connectivity index (χ2v) is 6.75. The Labute approximate surface area is 138 Å². The van der Waals surface area contributed by atoms with Gasteiger partial charge in [-0.1, -0.05) is 19.9 Å². The molecule has 0 bridgehead atoms. The lowest BCUT2D eigenvalue weighted by molar-refractivity contribution is 0.1000. The fraction of sp³-hybridized carbons (Fsp3) is 0.294. The third kappa shape index (κ3) is 3.42. The number of thiophene rings is 1. The number of amides is 1. The van der Waals surface area contributed by atoms with E-state index in [1.807, 2.05) is 13.8 Å². The van der Waals surface area contributed by atoms with Crippen molar-refractivity contribution in [3.63, 3.8) is 0 Å². The molecule has 0 unspecified atom stereocenters. The SMILES string of the molecule is CC(=O)c1sc(Nc2ccc(C)cc2F)c(C(N)=O)c1C(C)C. The van der Waals surface area contributed by atoms with Gasteiger partial charge >= 0.3 is 0 Å². The summed E-state index contributed by atoms with van der Waals surface area (Å²) in [5.41, 5.74) is 7.41. The van der Waals surface area contributed by atoms with E-state index in [1.165, 1.54) is 13.0 Å². The summed E-state index contributed by atoms with van der Waals surface area (Å²) in [7, 11) is 0. The van der Waals surface area contributed by atoms with Gasteiger partial charge in [0.05, 0.1) is 16.1 Å². The van der Waals surface area contributed by atoms with Gasteiger partial charge < -0.3 is 11.1 Å². The first-order valence-corrected chi connectivity index (χ1v) is 8.04. The minimum absolute atomic E-state index is 0.0499. The quantitative estimate of drug-likeness (QED) is 0.798. The van der Waals surface area contributed by atoms with Crippen molar-refractivity contribution in [2.45, 2.75) is 33.6 Å². The molecule has 3 N–H and O–H groups in total. The number of halogens is 1. The number of benzene rings is 1. The van der Waals surface area contributed by atoms with E-state index in [9.17, 15) is 14.0 Å². The maximum atomic E-state index is 14.1. The molecule has 1 amide bonds. The molecule has 1 heterocycles. The zero-order chi connectivity index (χ0) is 17.3. The molecule has 1 aromatic heterocycles. The number of nitrogens with one attached hydrogen (secondary N) is 1. The van der Waals surface area contributed by atoms with Crippen molar-refractivity contribution in [2.75, 3.05) is 5.32 Å². The van der Waals surface area contributed by atoms with Gasteiger partial charge in [0.2, 0.25) is 0 Å². The predicted octanol–water partition coefficient (Wildman–Crippen LogP) is 4.36. The fourth-order valence-electron chi connectivity index (χ4n) is 2.43. The highest BCUT2D eigenvalue weighted by Crippen LogP contribution is 2.39. The molecule has 0 aliphatic carbocycles. The van der Waals surface area contributed by atoms with Crippen molar-refractivity contribution in [3.05, 3.63) is 45.6 Å². The average Bonchev–Trinajstić information content (AvgIpc) is 2.81. The molecule has 4 nitrogen and oxygen atoms in total. The molecule has 0 fully saturated rings. The number of Topliss-reactive ketones (excluding diaryl/α,β-unsaturated/α-hetero) is 1. The van der Waals surface area contributed by atoms with E-state index in [1.54, 1.807) is 19.1 Å². The zero-order valence-corrected chi connectivity index (χ0v) is 14.3. The van der Waals surface area contributed by atoms with Crippen molar-refractivity contribution in [3.8, 4) is 0 Å². The number of anilines is 2. The van der Waals surface area contributed by atoms with Crippen LogP contribution in [0.3, 0.4) is 0 Å². The number of ketones is 1. The molecular weight excluding hydrogens is 315 g/mol. The molecule has 2 aromatic rings. The third-order valence-electron chi connectivity index (χ3n) is 3.46. The van der Waals surface area contributed by atoms with Crippen molar-refractivity contribution in [1.82, 2.24) is 0 Å². The van der Waals surface area contributed by atoms with Gasteiger partial charge in [-0.05, 0) is 43.0 Å². The highest BCUT2D eigenvalue weighted by Gasteiger charge is 2.26. The lowest BCUT2D eigenvalue weighted by atomic mass is 9.97. The summed E-state index contributed by atoms with van der Waals surface area (Å²) in [6.45, 7) is 7.00. The van der Waals surface area contributed by atoms with Crippen LogP contribution in [0.4, 0.5) is 15.1 Å². The van der Waals surface area contributed by atoms with Crippen LogP contribution in [-0.4, -0.2) is 11.7 Å². The van der Waals surface area contributed by atoms with Crippen LogP contribution in [0.2, 0.25) is 0 Å². The number of carbonyl (C=O) groups is 2. The molecule has 2 rings (SSSR count). The summed E-state index contributed by atoms with van der Waals surface area (Å²) in [6.07, 6.45) is 0. The smallest absolute Gasteiger partial charge is 0.252 e. The van der Waals surface area contributed by atoms with Crippen LogP contribution in [0.15, 0.2) is 18.2 Å². The van der Waals surface area contributed by atoms with Gasteiger partial charge in [-0.25, -0.2) is 4.39 Å². The van der Waals surface area contributed by atoms with Gasteiger partial charge in [-0.15, -0.1) is 11.3 Å². The average molecular weight is 334 g/mol. The molecule has 0 aliphatic rings. The van der Waals surface area contributed by atoms with Gasteiger partial charge in [0.25, 0.3) is 5.91 Å². The molecule has 0 saturated carbocycles. The summed E-state index contributed by atoms with van der Waals surface area (Å²) in [4.78, 5) is 24.3. The number of aryl methyl sites for hydroxylation is 1. The Morgan fingerprint density at radius 3 is 2.43 bits per heavy atom. The Kier molecular flexibility index (Phi) is 4.85.